The summed E-state index contributed by atoms with van der Waals surface area (Å²) in [6.45, 7) is -0.745. The number of halogens is 3. The van der Waals surface area contributed by atoms with E-state index in [-0.39, 0.29) is 5.69 Å². The molecule has 2 N–H and O–H groups in total. The van der Waals surface area contributed by atoms with Gasteiger partial charge in [-0.15, -0.1) is 0 Å². The Hall–Kier alpha value is -2.36. The molecule has 10 heteroatoms. The second-order valence-corrected chi connectivity index (χ2v) is 3.89. The molecule has 0 radical (unpaired) electrons. The smallest absolute Gasteiger partial charge is 0.416 e. The number of anilines is 1. The maximum atomic E-state index is 12.5. The van der Waals surface area contributed by atoms with Crippen molar-refractivity contribution in [3.05, 3.63) is 33.9 Å². The van der Waals surface area contributed by atoms with Crippen LogP contribution in [0, 0.1) is 10.1 Å². The minimum absolute atomic E-state index is 0.336. The molecular weight excluding hydrogens is 297 g/mol. The zero-order chi connectivity index (χ0) is 16.2. The minimum Gasteiger partial charge on any atom is -0.467 e. The van der Waals surface area contributed by atoms with E-state index < -0.39 is 41.0 Å². The molecule has 0 aliphatic carbocycles. The van der Waals surface area contributed by atoms with E-state index in [0.717, 1.165) is 13.2 Å². The van der Waals surface area contributed by atoms with Crippen LogP contribution in [0.3, 0.4) is 0 Å². The number of nitrogens with zero attached hydrogens (tertiary/aromatic N) is 1. The Morgan fingerprint density at radius 2 is 2.14 bits per heavy atom. The molecule has 0 aromatic heterocycles. The average Bonchev–Trinajstić information content (AvgIpc) is 2.42. The standard InChI is InChI=1S/C11H11F3N2O5/c1-21-10(18)8(5-17)15-7-3-2-6(11(12,13)14)4-9(7)16(19)20/h2-4,8,15,17H,5H2,1H3. The zero-order valence-electron chi connectivity index (χ0n) is 10.7. The largest absolute Gasteiger partial charge is 0.467 e. The van der Waals surface area contributed by atoms with Crippen LogP contribution >= 0.6 is 0 Å². The number of nitro benzene ring substituents is 1. The lowest BCUT2D eigenvalue weighted by molar-refractivity contribution is -0.384. The van der Waals surface area contributed by atoms with Gasteiger partial charge in [0.15, 0.2) is 0 Å². The van der Waals surface area contributed by atoms with Gasteiger partial charge in [-0.25, -0.2) is 4.79 Å². The van der Waals surface area contributed by atoms with Gasteiger partial charge in [0, 0.05) is 6.07 Å². The number of alkyl halides is 3. The maximum Gasteiger partial charge on any atom is 0.416 e. The lowest BCUT2D eigenvalue weighted by Gasteiger charge is -2.16. The fourth-order valence-electron chi connectivity index (χ4n) is 1.49. The Bertz CT molecular complexity index is 547. The van der Waals surface area contributed by atoms with Crippen LogP contribution in [-0.4, -0.2) is 35.8 Å². The number of rotatable bonds is 5. The molecule has 0 saturated carbocycles. The Balaban J connectivity index is 3.18. The Kier molecular flexibility index (Phi) is 5.08. The zero-order valence-corrected chi connectivity index (χ0v) is 10.7. The summed E-state index contributed by atoms with van der Waals surface area (Å²) in [5.74, 6) is -0.910. The third kappa shape index (κ3) is 4.05. The molecule has 0 fully saturated rings. The highest BCUT2D eigenvalue weighted by Crippen LogP contribution is 2.35. The molecule has 0 aliphatic rings. The van der Waals surface area contributed by atoms with Crippen molar-refractivity contribution in [3.63, 3.8) is 0 Å². The van der Waals surface area contributed by atoms with Crippen LogP contribution in [0.2, 0.25) is 0 Å². The van der Waals surface area contributed by atoms with Gasteiger partial charge in [-0.3, -0.25) is 10.1 Å². The van der Waals surface area contributed by atoms with Crippen LogP contribution in [0.15, 0.2) is 18.2 Å². The van der Waals surface area contributed by atoms with E-state index in [9.17, 15) is 28.1 Å². The normalized spacial score (nSPS) is 12.6. The monoisotopic (exact) mass is 308 g/mol. The molecular formula is C11H11F3N2O5. The van der Waals surface area contributed by atoms with Crippen molar-refractivity contribution < 1.29 is 32.7 Å². The maximum absolute atomic E-state index is 12.5. The lowest BCUT2D eigenvalue weighted by Crippen LogP contribution is -2.34. The fraction of sp³-hybridized carbons (Fsp3) is 0.364. The number of benzene rings is 1. The highest BCUT2D eigenvalue weighted by atomic mass is 19.4. The summed E-state index contributed by atoms with van der Waals surface area (Å²) >= 11 is 0. The lowest BCUT2D eigenvalue weighted by atomic mass is 10.1. The van der Waals surface area contributed by atoms with E-state index in [1.165, 1.54) is 0 Å². The summed E-state index contributed by atoms with van der Waals surface area (Å²) in [5.41, 5.74) is -2.40. The van der Waals surface area contributed by atoms with E-state index in [1.54, 1.807) is 0 Å². The van der Waals surface area contributed by atoms with Crippen molar-refractivity contribution in [2.45, 2.75) is 12.2 Å². The molecule has 1 rings (SSSR count). The third-order valence-electron chi connectivity index (χ3n) is 2.52. The molecule has 0 amide bonds. The predicted molar refractivity (Wildman–Crippen MR) is 64.6 cm³/mol. The van der Waals surface area contributed by atoms with E-state index in [1.807, 2.05) is 0 Å². The number of hydrogen-bond donors (Lipinski definition) is 2. The fourth-order valence-corrected chi connectivity index (χ4v) is 1.49. The number of nitrogens with one attached hydrogen (secondary N) is 1. The SMILES string of the molecule is COC(=O)C(CO)Nc1ccc(C(F)(F)F)cc1[N+](=O)[O-]. The van der Waals surface area contributed by atoms with Gasteiger partial charge in [0.2, 0.25) is 0 Å². The molecule has 0 saturated heterocycles. The van der Waals surface area contributed by atoms with Gasteiger partial charge in [0.1, 0.15) is 11.7 Å². The van der Waals surface area contributed by atoms with Gasteiger partial charge < -0.3 is 15.2 Å². The van der Waals surface area contributed by atoms with Gasteiger partial charge in [0.05, 0.1) is 24.2 Å². The molecule has 1 aromatic rings. The number of esters is 1. The van der Waals surface area contributed by atoms with Crippen LogP contribution in [-0.2, 0) is 15.7 Å². The first-order chi connectivity index (χ1) is 9.70. The van der Waals surface area contributed by atoms with Crippen LogP contribution in [0.25, 0.3) is 0 Å². The third-order valence-corrected chi connectivity index (χ3v) is 2.52. The first-order valence-electron chi connectivity index (χ1n) is 5.51. The van der Waals surface area contributed by atoms with Gasteiger partial charge in [-0.2, -0.15) is 13.2 Å². The summed E-state index contributed by atoms with van der Waals surface area (Å²) in [4.78, 5) is 21.1. The van der Waals surface area contributed by atoms with Crippen LogP contribution in [0.4, 0.5) is 24.5 Å². The van der Waals surface area contributed by atoms with Crippen molar-refractivity contribution >= 4 is 17.3 Å². The van der Waals surface area contributed by atoms with Gasteiger partial charge in [-0.1, -0.05) is 0 Å². The number of carbonyl (C=O) groups excluding carboxylic acids is 1. The molecule has 7 nitrogen and oxygen atoms in total. The molecule has 0 bridgehead atoms. The second kappa shape index (κ2) is 6.39. The summed E-state index contributed by atoms with van der Waals surface area (Å²) in [7, 11) is 1.04. The van der Waals surface area contributed by atoms with E-state index in [0.29, 0.717) is 12.1 Å². The number of methoxy groups -OCH3 is 1. The van der Waals surface area contributed by atoms with E-state index in [4.69, 9.17) is 5.11 Å². The molecule has 116 valence electrons. The van der Waals surface area contributed by atoms with Crippen molar-refractivity contribution in [1.29, 1.82) is 0 Å². The first-order valence-corrected chi connectivity index (χ1v) is 5.51. The van der Waals surface area contributed by atoms with Crippen molar-refractivity contribution in [2.24, 2.45) is 0 Å². The number of aliphatic hydroxyl groups excluding tert-OH is 1. The average molecular weight is 308 g/mol. The van der Waals surface area contributed by atoms with Crippen molar-refractivity contribution in [2.75, 3.05) is 19.0 Å². The second-order valence-electron chi connectivity index (χ2n) is 3.89. The van der Waals surface area contributed by atoms with E-state index in [2.05, 4.69) is 10.1 Å². The molecule has 1 atom stereocenters. The first kappa shape index (κ1) is 16.7. The predicted octanol–water partition coefficient (Wildman–Crippen LogP) is 1.56. The Labute approximate surface area is 116 Å². The minimum atomic E-state index is -4.73. The molecule has 21 heavy (non-hydrogen) atoms. The van der Waals surface area contributed by atoms with Crippen molar-refractivity contribution in [1.82, 2.24) is 0 Å². The number of hydrogen-bond acceptors (Lipinski definition) is 6. The number of aliphatic hydroxyl groups is 1. The molecule has 0 spiro atoms. The molecule has 1 aromatic carbocycles. The summed E-state index contributed by atoms with van der Waals surface area (Å²) in [6, 6.07) is 0.451. The highest BCUT2D eigenvalue weighted by molar-refractivity contribution is 5.80. The van der Waals surface area contributed by atoms with Gasteiger partial charge in [0.25, 0.3) is 5.69 Å². The van der Waals surface area contributed by atoms with Crippen molar-refractivity contribution in [3.8, 4) is 0 Å². The van der Waals surface area contributed by atoms with Gasteiger partial charge in [-0.05, 0) is 12.1 Å². The van der Waals surface area contributed by atoms with Crippen LogP contribution in [0.1, 0.15) is 5.56 Å². The summed E-state index contributed by atoms with van der Waals surface area (Å²) in [6.07, 6.45) is -4.73. The number of nitro groups is 1. The van der Waals surface area contributed by atoms with Crippen LogP contribution in [0.5, 0.6) is 0 Å². The van der Waals surface area contributed by atoms with E-state index >= 15 is 0 Å². The summed E-state index contributed by atoms with van der Waals surface area (Å²) in [5, 5.41) is 22.1. The number of ether oxygens (including phenoxy) is 1. The molecule has 1 unspecified atom stereocenters. The molecule has 0 heterocycles. The Morgan fingerprint density at radius 3 is 2.57 bits per heavy atom. The van der Waals surface area contributed by atoms with Crippen LogP contribution < -0.4 is 5.32 Å². The number of carbonyl (C=O) groups is 1. The molecule has 0 aliphatic heterocycles. The van der Waals surface area contributed by atoms with Gasteiger partial charge >= 0.3 is 12.1 Å². The topological polar surface area (TPSA) is 102 Å². The quantitative estimate of drug-likeness (QED) is 0.486. The highest BCUT2D eigenvalue weighted by Gasteiger charge is 2.33. The summed E-state index contributed by atoms with van der Waals surface area (Å²) < 4.78 is 41.9. The Morgan fingerprint density at radius 1 is 1.52 bits per heavy atom.